The summed E-state index contributed by atoms with van der Waals surface area (Å²) in [4.78, 5) is 25.9. The number of pyridine rings is 1. The zero-order valence-electron chi connectivity index (χ0n) is 18.0. The third kappa shape index (κ3) is 4.76. The van der Waals surface area contributed by atoms with Crippen molar-refractivity contribution in [1.29, 1.82) is 0 Å². The number of aromatic nitrogens is 1. The Bertz CT molecular complexity index is 957. The molecular weight excluding hydrogens is 380 g/mol. The average Bonchev–Trinajstić information content (AvgIpc) is 2.92. The van der Waals surface area contributed by atoms with Crippen molar-refractivity contribution in [3.05, 3.63) is 46.4 Å². The van der Waals surface area contributed by atoms with Crippen molar-refractivity contribution in [3.63, 3.8) is 0 Å². The van der Waals surface area contributed by atoms with Gasteiger partial charge in [0.2, 0.25) is 0 Å². The van der Waals surface area contributed by atoms with Crippen molar-refractivity contribution in [2.75, 3.05) is 13.2 Å². The summed E-state index contributed by atoms with van der Waals surface area (Å²) in [6.07, 6.45) is 9.06. The van der Waals surface area contributed by atoms with Crippen molar-refractivity contribution < 1.29 is 14.3 Å². The normalized spacial score (nSPS) is 22.1. The number of rotatable bonds is 5. The van der Waals surface area contributed by atoms with Crippen LogP contribution in [0.4, 0.5) is 0 Å². The number of ether oxygens (including phenoxy) is 2. The first-order valence-corrected chi connectivity index (χ1v) is 11.1. The van der Waals surface area contributed by atoms with E-state index in [-0.39, 0.29) is 17.6 Å². The Labute approximate surface area is 177 Å². The number of nitrogens with one attached hydrogen (secondary N) is 1. The molecule has 6 nitrogen and oxygen atoms in total. The summed E-state index contributed by atoms with van der Waals surface area (Å²) in [5.41, 5.74) is 0.450. The van der Waals surface area contributed by atoms with Gasteiger partial charge in [-0.15, -0.1) is 0 Å². The molecule has 1 atom stereocenters. The fourth-order valence-corrected chi connectivity index (χ4v) is 4.63. The van der Waals surface area contributed by atoms with Crippen LogP contribution >= 0.6 is 0 Å². The summed E-state index contributed by atoms with van der Waals surface area (Å²) in [7, 11) is 0. The van der Waals surface area contributed by atoms with Crippen molar-refractivity contribution in [2.45, 2.75) is 70.8 Å². The van der Waals surface area contributed by atoms with Gasteiger partial charge in [-0.3, -0.25) is 9.59 Å². The molecule has 2 fully saturated rings. The van der Waals surface area contributed by atoms with Gasteiger partial charge in [0.15, 0.2) is 5.79 Å². The fourth-order valence-electron chi connectivity index (χ4n) is 4.63. The van der Waals surface area contributed by atoms with Crippen LogP contribution in [0.5, 0.6) is 0 Å². The highest BCUT2D eigenvalue weighted by Gasteiger charge is 2.33. The quantitative estimate of drug-likeness (QED) is 0.758. The van der Waals surface area contributed by atoms with Gasteiger partial charge in [0.25, 0.3) is 11.5 Å². The largest absolute Gasteiger partial charge is 0.352 e. The SMILES string of the molecule is CC1(C)OCC(Cn2ccc3c(C(=O)NCC4CCCCCC4)cccc3c2=O)O1. The van der Waals surface area contributed by atoms with Crippen LogP contribution < -0.4 is 10.9 Å². The second-order valence-electron chi connectivity index (χ2n) is 9.06. The van der Waals surface area contributed by atoms with Crippen LogP contribution in [0.1, 0.15) is 62.7 Å². The molecule has 4 rings (SSSR count). The Kier molecular flexibility index (Phi) is 6.25. The van der Waals surface area contributed by atoms with Gasteiger partial charge >= 0.3 is 0 Å². The number of hydrogen-bond acceptors (Lipinski definition) is 4. The minimum absolute atomic E-state index is 0.101. The lowest BCUT2D eigenvalue weighted by atomic mass is 10.00. The first-order chi connectivity index (χ1) is 14.4. The summed E-state index contributed by atoms with van der Waals surface area (Å²) in [5.74, 6) is -0.161. The summed E-state index contributed by atoms with van der Waals surface area (Å²) in [6, 6.07) is 7.22. The molecular formula is C24H32N2O4. The third-order valence-corrected chi connectivity index (χ3v) is 6.26. The molecule has 1 aliphatic carbocycles. The van der Waals surface area contributed by atoms with Gasteiger partial charge in [-0.1, -0.05) is 31.7 Å². The zero-order chi connectivity index (χ0) is 21.1. The van der Waals surface area contributed by atoms with E-state index in [1.54, 1.807) is 29.0 Å². The van der Waals surface area contributed by atoms with E-state index in [2.05, 4.69) is 5.32 Å². The molecule has 2 aromatic rings. The number of nitrogens with zero attached hydrogens (tertiary/aromatic N) is 1. The first kappa shape index (κ1) is 21.1. The van der Waals surface area contributed by atoms with Crippen molar-refractivity contribution in [3.8, 4) is 0 Å². The van der Waals surface area contributed by atoms with Crippen LogP contribution in [-0.2, 0) is 16.0 Å². The topological polar surface area (TPSA) is 69.6 Å². The van der Waals surface area contributed by atoms with Gasteiger partial charge in [0, 0.05) is 29.1 Å². The first-order valence-electron chi connectivity index (χ1n) is 11.1. The van der Waals surface area contributed by atoms with Gasteiger partial charge in [-0.25, -0.2) is 0 Å². The zero-order valence-corrected chi connectivity index (χ0v) is 18.0. The summed E-state index contributed by atoms with van der Waals surface area (Å²) >= 11 is 0. The highest BCUT2D eigenvalue weighted by atomic mass is 16.7. The van der Waals surface area contributed by atoms with Gasteiger partial charge in [0.05, 0.1) is 13.2 Å². The molecule has 0 spiro atoms. The molecule has 2 aliphatic rings. The lowest BCUT2D eigenvalue weighted by Crippen LogP contribution is -2.31. The standard InChI is InChI=1S/C24H32N2O4/c1-24(2)29-16-18(30-24)15-26-13-12-19-20(10-7-11-21(19)23(26)28)22(27)25-14-17-8-5-3-4-6-9-17/h7,10-13,17-18H,3-6,8-9,14-16H2,1-2H3,(H,25,27). The van der Waals surface area contributed by atoms with Crippen LogP contribution in [0.15, 0.2) is 35.3 Å². The predicted molar refractivity (Wildman–Crippen MR) is 117 cm³/mol. The van der Waals surface area contributed by atoms with Crippen LogP contribution in [0, 0.1) is 5.92 Å². The van der Waals surface area contributed by atoms with Gasteiger partial charge in [0.1, 0.15) is 6.10 Å². The lowest BCUT2D eigenvalue weighted by molar-refractivity contribution is -0.139. The van der Waals surface area contributed by atoms with E-state index in [1.165, 1.54) is 38.5 Å². The Morgan fingerprint density at radius 1 is 1.13 bits per heavy atom. The Morgan fingerprint density at radius 2 is 1.90 bits per heavy atom. The van der Waals surface area contributed by atoms with Crippen molar-refractivity contribution in [1.82, 2.24) is 9.88 Å². The number of fused-ring (bicyclic) bond motifs is 1. The molecule has 162 valence electrons. The van der Waals surface area contributed by atoms with Crippen LogP contribution in [0.25, 0.3) is 10.8 Å². The minimum atomic E-state index is -0.617. The fraction of sp³-hybridized carbons (Fsp3) is 0.583. The highest BCUT2D eigenvalue weighted by molar-refractivity contribution is 6.06. The van der Waals surface area contributed by atoms with Gasteiger partial charge < -0.3 is 19.4 Å². The summed E-state index contributed by atoms with van der Waals surface area (Å²) in [5, 5.41) is 4.36. The van der Waals surface area contributed by atoms with E-state index >= 15 is 0 Å². The van der Waals surface area contributed by atoms with E-state index in [0.29, 0.717) is 42.0 Å². The van der Waals surface area contributed by atoms with Crippen LogP contribution in [0.3, 0.4) is 0 Å². The Morgan fingerprint density at radius 3 is 2.60 bits per heavy atom. The number of hydrogen-bond donors (Lipinski definition) is 1. The highest BCUT2D eigenvalue weighted by Crippen LogP contribution is 2.24. The molecule has 6 heteroatoms. The second kappa shape index (κ2) is 8.90. The average molecular weight is 413 g/mol. The lowest BCUT2D eigenvalue weighted by Gasteiger charge is -2.18. The third-order valence-electron chi connectivity index (χ3n) is 6.26. The molecule has 1 unspecified atom stereocenters. The van der Waals surface area contributed by atoms with Crippen molar-refractivity contribution in [2.24, 2.45) is 5.92 Å². The molecule has 1 saturated carbocycles. The molecule has 1 saturated heterocycles. The number of carbonyl (C=O) groups excluding carboxylic acids is 1. The van der Waals surface area contributed by atoms with Crippen molar-refractivity contribution >= 4 is 16.7 Å². The number of benzene rings is 1. The van der Waals surface area contributed by atoms with Crippen LogP contribution in [0.2, 0.25) is 0 Å². The Balaban J connectivity index is 1.50. The van der Waals surface area contributed by atoms with E-state index in [4.69, 9.17) is 9.47 Å². The molecule has 1 N–H and O–H groups in total. The van der Waals surface area contributed by atoms with E-state index in [0.717, 1.165) is 0 Å². The number of carbonyl (C=O) groups is 1. The monoisotopic (exact) mass is 412 g/mol. The molecule has 30 heavy (non-hydrogen) atoms. The van der Waals surface area contributed by atoms with E-state index in [1.807, 2.05) is 19.9 Å². The molecule has 0 radical (unpaired) electrons. The maximum atomic E-state index is 13.0. The smallest absolute Gasteiger partial charge is 0.258 e. The molecule has 1 amide bonds. The van der Waals surface area contributed by atoms with Crippen LogP contribution in [-0.4, -0.2) is 35.5 Å². The maximum absolute atomic E-state index is 13.0. The van der Waals surface area contributed by atoms with Gasteiger partial charge in [-0.05, 0) is 50.8 Å². The Hall–Kier alpha value is -2.18. The predicted octanol–water partition coefficient (Wildman–Crippen LogP) is 3.85. The second-order valence-corrected chi connectivity index (χ2v) is 9.06. The molecule has 1 aromatic heterocycles. The van der Waals surface area contributed by atoms with E-state index in [9.17, 15) is 9.59 Å². The molecule has 0 bridgehead atoms. The molecule has 1 aliphatic heterocycles. The minimum Gasteiger partial charge on any atom is -0.352 e. The molecule has 1 aromatic carbocycles. The maximum Gasteiger partial charge on any atom is 0.258 e. The van der Waals surface area contributed by atoms with Gasteiger partial charge in [-0.2, -0.15) is 0 Å². The summed E-state index contributed by atoms with van der Waals surface area (Å²) < 4.78 is 13.1. The number of amides is 1. The van der Waals surface area contributed by atoms with E-state index < -0.39 is 5.79 Å². The summed E-state index contributed by atoms with van der Waals surface area (Å²) in [6.45, 7) is 5.34. The molecule has 2 heterocycles.